The molecule has 134 valence electrons. The second-order valence-corrected chi connectivity index (χ2v) is 6.01. The second-order valence-electron chi connectivity index (χ2n) is 6.01. The number of H-pyrrole nitrogens is 1. The van der Waals surface area contributed by atoms with E-state index in [0.717, 1.165) is 23.4 Å². The summed E-state index contributed by atoms with van der Waals surface area (Å²) < 4.78 is 5.68. The second kappa shape index (κ2) is 8.29. The summed E-state index contributed by atoms with van der Waals surface area (Å²) in [6.07, 6.45) is 4.31. The third kappa shape index (κ3) is 4.08. The molecule has 26 heavy (non-hydrogen) atoms. The van der Waals surface area contributed by atoms with Crippen molar-refractivity contribution in [3.63, 3.8) is 0 Å². The van der Waals surface area contributed by atoms with Gasteiger partial charge in [-0.15, -0.1) is 0 Å². The fourth-order valence-corrected chi connectivity index (χ4v) is 2.85. The molecule has 0 spiro atoms. The number of carbonyl (C=O) groups excluding carboxylic acids is 1. The molecule has 3 aromatic rings. The predicted octanol–water partition coefficient (Wildman–Crippen LogP) is 3.61. The van der Waals surface area contributed by atoms with Crippen molar-refractivity contribution in [3.05, 3.63) is 77.9 Å². The van der Waals surface area contributed by atoms with Crippen LogP contribution in [-0.2, 0) is 6.61 Å². The average Bonchev–Trinajstić information content (AvgIpc) is 3.17. The molecule has 1 amide bonds. The van der Waals surface area contributed by atoms with Gasteiger partial charge in [-0.05, 0) is 36.2 Å². The van der Waals surface area contributed by atoms with E-state index in [-0.39, 0.29) is 11.9 Å². The number of nitrogens with one attached hydrogen (secondary N) is 1. The van der Waals surface area contributed by atoms with Crippen LogP contribution in [0.5, 0.6) is 5.75 Å². The van der Waals surface area contributed by atoms with Gasteiger partial charge in [-0.2, -0.15) is 5.10 Å². The first-order valence-corrected chi connectivity index (χ1v) is 8.58. The Kier molecular flexibility index (Phi) is 5.63. The molecule has 0 aliphatic heterocycles. The Bertz CT molecular complexity index is 833. The van der Waals surface area contributed by atoms with Crippen LogP contribution in [0.25, 0.3) is 0 Å². The van der Waals surface area contributed by atoms with E-state index in [4.69, 9.17) is 4.74 Å². The average molecular weight is 350 g/mol. The standard InChI is InChI=1S/C20H22N4O2/c1-3-19(15-8-7-11-21-13-15)24(2)20(25)18-12-16(22-23-18)14-26-17-9-5-4-6-10-17/h4-13,19H,3,14H2,1-2H3,(H,22,23)/t19-/m1/s1. The van der Waals surface area contributed by atoms with Gasteiger partial charge in [-0.3, -0.25) is 14.9 Å². The minimum Gasteiger partial charge on any atom is -0.487 e. The highest BCUT2D eigenvalue weighted by molar-refractivity contribution is 5.92. The number of benzene rings is 1. The molecule has 0 saturated carbocycles. The van der Waals surface area contributed by atoms with Gasteiger partial charge in [0.2, 0.25) is 0 Å². The lowest BCUT2D eigenvalue weighted by molar-refractivity contribution is 0.0720. The van der Waals surface area contributed by atoms with Crippen molar-refractivity contribution >= 4 is 5.91 Å². The first-order valence-electron chi connectivity index (χ1n) is 8.58. The Morgan fingerprint density at radius 1 is 1.23 bits per heavy atom. The number of amides is 1. The van der Waals surface area contributed by atoms with Gasteiger partial charge in [-0.1, -0.05) is 31.2 Å². The molecule has 0 bridgehead atoms. The summed E-state index contributed by atoms with van der Waals surface area (Å²) in [6.45, 7) is 2.37. The lowest BCUT2D eigenvalue weighted by Crippen LogP contribution is -2.31. The van der Waals surface area contributed by atoms with E-state index in [1.807, 2.05) is 49.4 Å². The molecule has 6 heteroatoms. The summed E-state index contributed by atoms with van der Waals surface area (Å²) in [4.78, 5) is 18.6. The zero-order chi connectivity index (χ0) is 18.4. The lowest BCUT2D eigenvalue weighted by atomic mass is 10.1. The van der Waals surface area contributed by atoms with Crippen LogP contribution >= 0.6 is 0 Å². The Balaban J connectivity index is 1.67. The number of pyridine rings is 1. The van der Waals surface area contributed by atoms with Gasteiger partial charge >= 0.3 is 0 Å². The minimum atomic E-state index is -0.136. The van der Waals surface area contributed by atoms with E-state index in [0.29, 0.717) is 12.3 Å². The number of rotatable bonds is 7. The topological polar surface area (TPSA) is 71.1 Å². The van der Waals surface area contributed by atoms with E-state index >= 15 is 0 Å². The normalized spacial score (nSPS) is 11.8. The SMILES string of the molecule is CC[C@H](c1cccnc1)N(C)C(=O)c1cc(COc2ccccc2)[nH]n1. The number of nitrogens with zero attached hydrogens (tertiary/aromatic N) is 3. The quantitative estimate of drug-likeness (QED) is 0.707. The van der Waals surface area contributed by atoms with Gasteiger partial charge in [0.25, 0.3) is 5.91 Å². The van der Waals surface area contributed by atoms with E-state index in [2.05, 4.69) is 15.2 Å². The van der Waals surface area contributed by atoms with Crippen molar-refractivity contribution in [2.45, 2.75) is 26.0 Å². The highest BCUT2D eigenvalue weighted by Gasteiger charge is 2.23. The molecular weight excluding hydrogens is 328 g/mol. The third-order valence-corrected chi connectivity index (χ3v) is 4.23. The van der Waals surface area contributed by atoms with Crippen molar-refractivity contribution in [3.8, 4) is 5.75 Å². The fraction of sp³-hybridized carbons (Fsp3) is 0.250. The first-order chi connectivity index (χ1) is 12.7. The van der Waals surface area contributed by atoms with Crippen LogP contribution in [-0.4, -0.2) is 33.0 Å². The largest absolute Gasteiger partial charge is 0.487 e. The molecule has 2 heterocycles. The predicted molar refractivity (Wildman–Crippen MR) is 98.7 cm³/mol. The van der Waals surface area contributed by atoms with Gasteiger partial charge in [0.05, 0.1) is 11.7 Å². The van der Waals surface area contributed by atoms with Gasteiger partial charge in [0.1, 0.15) is 12.4 Å². The maximum Gasteiger partial charge on any atom is 0.274 e. The Labute approximate surface area is 152 Å². The molecule has 0 aliphatic carbocycles. The van der Waals surface area contributed by atoms with Crippen LogP contribution in [0.2, 0.25) is 0 Å². The third-order valence-electron chi connectivity index (χ3n) is 4.23. The molecule has 2 aromatic heterocycles. The molecular formula is C20H22N4O2. The fourth-order valence-electron chi connectivity index (χ4n) is 2.85. The number of aromatic amines is 1. The maximum absolute atomic E-state index is 12.8. The number of hydrogen-bond donors (Lipinski definition) is 1. The summed E-state index contributed by atoms with van der Waals surface area (Å²) >= 11 is 0. The molecule has 3 rings (SSSR count). The van der Waals surface area contributed by atoms with Gasteiger partial charge in [-0.25, -0.2) is 0 Å². The van der Waals surface area contributed by atoms with Crippen LogP contribution < -0.4 is 4.74 Å². The van der Waals surface area contributed by atoms with Crippen molar-refractivity contribution in [2.24, 2.45) is 0 Å². The summed E-state index contributed by atoms with van der Waals surface area (Å²) in [6, 6.07) is 15.1. The Morgan fingerprint density at radius 2 is 2.04 bits per heavy atom. The van der Waals surface area contributed by atoms with Crippen molar-refractivity contribution in [1.82, 2.24) is 20.1 Å². The molecule has 1 aromatic carbocycles. The van der Waals surface area contributed by atoms with Gasteiger partial charge in [0.15, 0.2) is 5.69 Å². The number of carbonyl (C=O) groups is 1. The van der Waals surface area contributed by atoms with E-state index in [9.17, 15) is 4.79 Å². The van der Waals surface area contributed by atoms with E-state index in [1.54, 1.807) is 30.4 Å². The zero-order valence-electron chi connectivity index (χ0n) is 14.9. The van der Waals surface area contributed by atoms with Crippen LogP contribution in [0.15, 0.2) is 60.9 Å². The molecule has 1 atom stereocenters. The maximum atomic E-state index is 12.8. The van der Waals surface area contributed by atoms with E-state index < -0.39 is 0 Å². The highest BCUT2D eigenvalue weighted by Crippen LogP contribution is 2.23. The van der Waals surface area contributed by atoms with Crippen molar-refractivity contribution in [2.75, 3.05) is 7.05 Å². The molecule has 0 radical (unpaired) electrons. The van der Waals surface area contributed by atoms with Gasteiger partial charge < -0.3 is 9.64 Å². The summed E-state index contributed by atoms with van der Waals surface area (Å²) in [7, 11) is 1.79. The smallest absolute Gasteiger partial charge is 0.274 e. The number of hydrogen-bond acceptors (Lipinski definition) is 4. The Morgan fingerprint density at radius 3 is 2.73 bits per heavy atom. The zero-order valence-corrected chi connectivity index (χ0v) is 14.9. The monoisotopic (exact) mass is 350 g/mol. The van der Waals surface area contributed by atoms with Crippen LogP contribution in [0.4, 0.5) is 0 Å². The molecule has 0 saturated heterocycles. The lowest BCUT2D eigenvalue weighted by Gasteiger charge is -2.26. The van der Waals surface area contributed by atoms with Crippen LogP contribution in [0.1, 0.15) is 41.1 Å². The molecule has 6 nitrogen and oxygen atoms in total. The molecule has 1 N–H and O–H groups in total. The Hall–Kier alpha value is -3.15. The number of para-hydroxylation sites is 1. The van der Waals surface area contributed by atoms with Crippen LogP contribution in [0.3, 0.4) is 0 Å². The summed E-state index contributed by atoms with van der Waals surface area (Å²) in [5.41, 5.74) is 2.13. The summed E-state index contributed by atoms with van der Waals surface area (Å²) in [5.74, 6) is 0.637. The number of aromatic nitrogens is 3. The molecule has 0 unspecified atom stereocenters. The van der Waals surface area contributed by atoms with Gasteiger partial charge in [0, 0.05) is 19.4 Å². The van der Waals surface area contributed by atoms with Crippen molar-refractivity contribution < 1.29 is 9.53 Å². The van der Waals surface area contributed by atoms with Crippen molar-refractivity contribution in [1.29, 1.82) is 0 Å². The summed E-state index contributed by atoms with van der Waals surface area (Å²) in [5, 5.41) is 7.02. The van der Waals surface area contributed by atoms with Crippen LogP contribution in [0, 0.1) is 0 Å². The minimum absolute atomic E-state index is 0.0445. The molecule has 0 aliphatic rings. The molecule has 0 fully saturated rings. The highest BCUT2D eigenvalue weighted by atomic mass is 16.5. The number of ether oxygens (including phenoxy) is 1. The first kappa shape index (κ1) is 17.7. The van der Waals surface area contributed by atoms with E-state index in [1.165, 1.54) is 0 Å².